The van der Waals surface area contributed by atoms with Crippen LogP contribution in [0.4, 0.5) is 17.6 Å². The molecule has 1 nitrogen and oxygen atoms in total. The first-order valence-electron chi connectivity index (χ1n) is 4.40. The number of benzene rings is 1. The molecule has 0 saturated heterocycles. The van der Waals surface area contributed by atoms with Crippen LogP contribution < -0.4 is 5.73 Å². The van der Waals surface area contributed by atoms with Crippen LogP contribution in [-0.4, -0.2) is 12.5 Å². The summed E-state index contributed by atoms with van der Waals surface area (Å²) >= 11 is 0. The minimum Gasteiger partial charge on any atom is -0.323 e. The van der Waals surface area contributed by atoms with Crippen LogP contribution in [0.3, 0.4) is 0 Å². The summed E-state index contributed by atoms with van der Waals surface area (Å²) in [5.74, 6) is -1.64. The third kappa shape index (κ3) is 2.68. The minimum absolute atomic E-state index is 0.216. The highest BCUT2D eigenvalue weighted by molar-refractivity contribution is 5.27. The molecule has 0 amide bonds. The maximum absolute atomic E-state index is 13.3. The molecule has 0 aliphatic heterocycles. The lowest BCUT2D eigenvalue weighted by Crippen LogP contribution is -2.31. The molecule has 2 N–H and O–H groups in total. The lowest BCUT2D eigenvalue weighted by atomic mass is 10.0. The van der Waals surface area contributed by atoms with Crippen molar-refractivity contribution >= 4 is 0 Å². The number of hydrogen-bond acceptors (Lipinski definition) is 1. The van der Waals surface area contributed by atoms with Crippen molar-refractivity contribution in [1.82, 2.24) is 0 Å². The molecule has 15 heavy (non-hydrogen) atoms. The lowest BCUT2D eigenvalue weighted by Gasteiger charge is -2.12. The smallest absolute Gasteiger partial charge is 0.253 e. The van der Waals surface area contributed by atoms with Gasteiger partial charge in [0.25, 0.3) is 6.43 Å². The summed E-state index contributed by atoms with van der Waals surface area (Å²) in [6, 6.07) is 0.754. The van der Waals surface area contributed by atoms with Crippen molar-refractivity contribution in [2.75, 3.05) is 0 Å². The average Bonchev–Trinajstić information content (AvgIpc) is 2.18. The number of nitrogens with two attached hydrogens (primary N) is 1. The van der Waals surface area contributed by atoms with E-state index in [0.717, 1.165) is 6.07 Å². The number of rotatable bonds is 3. The Kier molecular flexibility index (Phi) is 3.68. The predicted octanol–water partition coefficient (Wildman–Crippen LogP) is 2.41. The van der Waals surface area contributed by atoms with Gasteiger partial charge in [-0.15, -0.1) is 0 Å². The third-order valence-electron chi connectivity index (χ3n) is 2.14. The van der Waals surface area contributed by atoms with E-state index in [1.807, 2.05) is 0 Å². The Balaban J connectivity index is 2.98. The molecule has 0 saturated carbocycles. The van der Waals surface area contributed by atoms with Gasteiger partial charge in [-0.25, -0.2) is 17.6 Å². The number of aryl methyl sites for hydroxylation is 1. The van der Waals surface area contributed by atoms with Crippen LogP contribution in [0.25, 0.3) is 0 Å². The van der Waals surface area contributed by atoms with Crippen molar-refractivity contribution in [2.24, 2.45) is 5.73 Å². The molecule has 0 aliphatic rings. The van der Waals surface area contributed by atoms with Crippen molar-refractivity contribution in [1.29, 1.82) is 0 Å². The monoisotopic (exact) mass is 221 g/mol. The van der Waals surface area contributed by atoms with E-state index in [2.05, 4.69) is 0 Å². The Morgan fingerprint density at radius 2 is 1.87 bits per heavy atom. The zero-order valence-corrected chi connectivity index (χ0v) is 8.11. The van der Waals surface area contributed by atoms with Gasteiger partial charge in [0, 0.05) is 5.56 Å². The van der Waals surface area contributed by atoms with E-state index in [4.69, 9.17) is 5.73 Å². The first-order chi connectivity index (χ1) is 6.93. The zero-order chi connectivity index (χ0) is 11.6. The highest BCUT2D eigenvalue weighted by atomic mass is 19.3. The van der Waals surface area contributed by atoms with Gasteiger partial charge >= 0.3 is 0 Å². The SMILES string of the molecule is Cc1ccc(F)c(CC(N)C(F)F)c1F. The maximum Gasteiger partial charge on any atom is 0.253 e. The molecular weight excluding hydrogens is 210 g/mol. The molecule has 1 atom stereocenters. The third-order valence-corrected chi connectivity index (χ3v) is 2.14. The van der Waals surface area contributed by atoms with Gasteiger partial charge in [-0.2, -0.15) is 0 Å². The average molecular weight is 221 g/mol. The Morgan fingerprint density at radius 3 is 2.40 bits per heavy atom. The van der Waals surface area contributed by atoms with Crippen LogP contribution >= 0.6 is 0 Å². The van der Waals surface area contributed by atoms with Crippen molar-refractivity contribution in [2.45, 2.75) is 25.8 Å². The first kappa shape index (κ1) is 12.0. The van der Waals surface area contributed by atoms with Gasteiger partial charge in [-0.3, -0.25) is 0 Å². The van der Waals surface area contributed by atoms with E-state index in [9.17, 15) is 17.6 Å². The highest BCUT2D eigenvalue weighted by Gasteiger charge is 2.20. The van der Waals surface area contributed by atoms with Crippen LogP contribution in [-0.2, 0) is 6.42 Å². The van der Waals surface area contributed by atoms with E-state index in [1.165, 1.54) is 13.0 Å². The number of hydrogen-bond donors (Lipinski definition) is 1. The van der Waals surface area contributed by atoms with E-state index < -0.39 is 30.5 Å². The van der Waals surface area contributed by atoms with Crippen LogP contribution in [0.2, 0.25) is 0 Å². The van der Waals surface area contributed by atoms with Gasteiger partial charge < -0.3 is 5.73 Å². The van der Waals surface area contributed by atoms with Crippen molar-refractivity contribution in [3.05, 3.63) is 34.9 Å². The Labute approximate surface area is 84.9 Å². The molecule has 1 rings (SSSR count). The van der Waals surface area contributed by atoms with Crippen LogP contribution in [0.5, 0.6) is 0 Å². The summed E-state index contributed by atoms with van der Waals surface area (Å²) in [5, 5.41) is 0. The summed E-state index contributed by atoms with van der Waals surface area (Å²) in [7, 11) is 0. The quantitative estimate of drug-likeness (QED) is 0.779. The summed E-state index contributed by atoms with van der Waals surface area (Å²) in [5.41, 5.74) is 4.90. The highest BCUT2D eigenvalue weighted by Crippen LogP contribution is 2.18. The predicted molar refractivity (Wildman–Crippen MR) is 48.8 cm³/mol. The van der Waals surface area contributed by atoms with Gasteiger partial charge in [-0.1, -0.05) is 6.07 Å². The molecular formula is C10H11F4N. The molecule has 0 aliphatic carbocycles. The lowest BCUT2D eigenvalue weighted by molar-refractivity contribution is 0.115. The fourth-order valence-electron chi connectivity index (χ4n) is 1.23. The Hall–Kier alpha value is -1.10. The Morgan fingerprint density at radius 1 is 1.27 bits per heavy atom. The summed E-state index contributed by atoms with van der Waals surface area (Å²) in [6.45, 7) is 1.44. The van der Waals surface area contributed by atoms with Crippen molar-refractivity contribution in [3.8, 4) is 0 Å². The van der Waals surface area contributed by atoms with Gasteiger partial charge in [0.15, 0.2) is 0 Å². The molecule has 0 aromatic heterocycles. The normalized spacial score (nSPS) is 13.3. The molecule has 0 radical (unpaired) electrons. The first-order valence-corrected chi connectivity index (χ1v) is 4.40. The molecule has 84 valence electrons. The van der Waals surface area contributed by atoms with Crippen LogP contribution in [0, 0.1) is 18.6 Å². The van der Waals surface area contributed by atoms with Crippen molar-refractivity contribution < 1.29 is 17.6 Å². The fourth-order valence-corrected chi connectivity index (χ4v) is 1.23. The van der Waals surface area contributed by atoms with Gasteiger partial charge in [0.1, 0.15) is 11.6 Å². The van der Waals surface area contributed by atoms with E-state index in [1.54, 1.807) is 0 Å². The van der Waals surface area contributed by atoms with Crippen LogP contribution in [0.1, 0.15) is 11.1 Å². The summed E-state index contributed by atoms with van der Waals surface area (Å²) < 4.78 is 50.7. The van der Waals surface area contributed by atoms with Crippen LogP contribution in [0.15, 0.2) is 12.1 Å². The van der Waals surface area contributed by atoms with Gasteiger partial charge in [0.2, 0.25) is 0 Å². The van der Waals surface area contributed by atoms with E-state index in [-0.39, 0.29) is 11.1 Å². The second kappa shape index (κ2) is 4.61. The number of alkyl halides is 2. The van der Waals surface area contributed by atoms with E-state index in [0.29, 0.717) is 0 Å². The summed E-state index contributed by atoms with van der Waals surface area (Å²) in [4.78, 5) is 0. The van der Waals surface area contributed by atoms with Gasteiger partial charge in [0.05, 0.1) is 6.04 Å². The molecule has 0 heterocycles. The zero-order valence-electron chi connectivity index (χ0n) is 8.11. The summed E-state index contributed by atoms with van der Waals surface area (Å²) in [6.07, 6.45) is -3.29. The second-order valence-electron chi connectivity index (χ2n) is 3.36. The maximum atomic E-state index is 13.3. The van der Waals surface area contributed by atoms with Crippen molar-refractivity contribution in [3.63, 3.8) is 0 Å². The molecule has 0 spiro atoms. The molecule has 1 aromatic carbocycles. The molecule has 5 heteroatoms. The molecule has 0 fully saturated rings. The second-order valence-corrected chi connectivity index (χ2v) is 3.36. The standard InChI is InChI=1S/C10H11F4N/c1-5-2-3-7(11)6(9(5)12)4-8(15)10(13)14/h2-3,8,10H,4,15H2,1H3. The Bertz CT molecular complexity index is 352. The van der Waals surface area contributed by atoms with E-state index >= 15 is 0 Å². The minimum atomic E-state index is -2.79. The molecule has 1 aromatic rings. The molecule has 1 unspecified atom stereocenters. The molecule has 0 bridgehead atoms. The fraction of sp³-hybridized carbons (Fsp3) is 0.400. The topological polar surface area (TPSA) is 26.0 Å². The largest absolute Gasteiger partial charge is 0.323 e. The van der Waals surface area contributed by atoms with Gasteiger partial charge in [-0.05, 0) is 25.0 Å². The number of halogens is 4.